The number of nitrogens with two attached hydrogens (primary N) is 1. The van der Waals surface area contributed by atoms with Crippen LogP contribution in [0.15, 0.2) is 12.1 Å². The van der Waals surface area contributed by atoms with Gasteiger partial charge in [0.1, 0.15) is 0 Å². The van der Waals surface area contributed by atoms with Gasteiger partial charge in [-0.2, -0.15) is 0 Å². The maximum atomic E-state index is 12.7. The number of rotatable bonds is 3. The third-order valence-electron chi connectivity index (χ3n) is 1.83. The summed E-state index contributed by atoms with van der Waals surface area (Å²) in [5, 5.41) is 8.40. The number of carboxylic acids is 1. The Morgan fingerprint density at radius 3 is 2.12 bits per heavy atom. The number of carboxylic acid groups (broad SMARTS) is 1. The van der Waals surface area contributed by atoms with E-state index in [0.717, 1.165) is 0 Å². The third-order valence-corrected chi connectivity index (χ3v) is 1.83. The molecule has 0 aliphatic rings. The Kier molecular flexibility index (Phi) is 5.26. The largest absolute Gasteiger partial charge is 0.481 e. The van der Waals surface area contributed by atoms with Gasteiger partial charge >= 0.3 is 5.97 Å². The molecule has 0 aliphatic heterocycles. The van der Waals surface area contributed by atoms with Crippen LogP contribution in [-0.4, -0.2) is 11.1 Å². The molecule has 0 saturated heterocycles. The van der Waals surface area contributed by atoms with Crippen molar-refractivity contribution >= 4 is 18.4 Å². The molecule has 1 aromatic carbocycles. The van der Waals surface area contributed by atoms with Crippen molar-refractivity contribution in [2.45, 2.75) is 12.5 Å². The van der Waals surface area contributed by atoms with E-state index >= 15 is 0 Å². The number of carbonyl (C=O) groups is 1. The Hall–Kier alpha value is -1.27. The minimum atomic E-state index is -1.60. The van der Waals surface area contributed by atoms with Crippen molar-refractivity contribution in [2.24, 2.45) is 5.73 Å². The zero-order valence-corrected chi connectivity index (χ0v) is 8.73. The van der Waals surface area contributed by atoms with Crippen LogP contribution in [0.3, 0.4) is 0 Å². The molecular formula is C9H9ClF3NO2. The molecule has 1 atom stereocenters. The predicted octanol–water partition coefficient (Wildman–Crippen LogP) is 2.00. The van der Waals surface area contributed by atoms with Gasteiger partial charge in [0.15, 0.2) is 17.5 Å². The zero-order valence-electron chi connectivity index (χ0n) is 7.91. The zero-order chi connectivity index (χ0) is 11.6. The molecule has 0 amide bonds. The highest BCUT2D eigenvalue weighted by Crippen LogP contribution is 2.19. The summed E-state index contributed by atoms with van der Waals surface area (Å²) in [4.78, 5) is 10.3. The molecule has 3 nitrogen and oxygen atoms in total. The minimum Gasteiger partial charge on any atom is -0.481 e. The van der Waals surface area contributed by atoms with Gasteiger partial charge in [-0.1, -0.05) is 0 Å². The van der Waals surface area contributed by atoms with Crippen molar-refractivity contribution in [3.05, 3.63) is 35.1 Å². The van der Waals surface area contributed by atoms with Crippen LogP contribution in [0.25, 0.3) is 0 Å². The van der Waals surface area contributed by atoms with Gasteiger partial charge in [-0.3, -0.25) is 4.79 Å². The van der Waals surface area contributed by atoms with Crippen LogP contribution in [0.4, 0.5) is 13.2 Å². The smallest absolute Gasteiger partial charge is 0.305 e. The van der Waals surface area contributed by atoms with Crippen molar-refractivity contribution in [2.75, 3.05) is 0 Å². The summed E-state index contributed by atoms with van der Waals surface area (Å²) >= 11 is 0. The second kappa shape index (κ2) is 5.72. The quantitative estimate of drug-likeness (QED) is 0.812. The maximum Gasteiger partial charge on any atom is 0.305 e. The number of hydrogen-bond donors (Lipinski definition) is 2. The van der Waals surface area contributed by atoms with Crippen LogP contribution < -0.4 is 5.73 Å². The molecule has 1 aromatic rings. The molecule has 0 saturated carbocycles. The molecule has 16 heavy (non-hydrogen) atoms. The molecule has 0 aliphatic carbocycles. The lowest BCUT2D eigenvalue weighted by Gasteiger charge is -2.09. The first-order valence-corrected chi connectivity index (χ1v) is 4.03. The Labute approximate surface area is 95.5 Å². The molecule has 0 fully saturated rings. The number of benzene rings is 1. The Morgan fingerprint density at radius 2 is 1.75 bits per heavy atom. The van der Waals surface area contributed by atoms with Crippen molar-refractivity contribution in [1.82, 2.24) is 0 Å². The standard InChI is InChI=1S/C9H8F3NO2.ClH/c10-5-1-4(2-6(11)9(5)12)7(13)3-8(14)15;/h1-2,7H,3,13H2,(H,14,15);1H. The van der Waals surface area contributed by atoms with Crippen LogP contribution >= 0.6 is 12.4 Å². The number of aliphatic carboxylic acids is 1. The molecule has 3 N–H and O–H groups in total. The van der Waals surface area contributed by atoms with E-state index in [2.05, 4.69) is 0 Å². The maximum absolute atomic E-state index is 12.7. The van der Waals surface area contributed by atoms with E-state index in [1.54, 1.807) is 0 Å². The van der Waals surface area contributed by atoms with E-state index in [4.69, 9.17) is 10.8 Å². The van der Waals surface area contributed by atoms with Gasteiger partial charge in [-0.15, -0.1) is 12.4 Å². The van der Waals surface area contributed by atoms with Crippen LogP contribution in [0.2, 0.25) is 0 Å². The van der Waals surface area contributed by atoms with E-state index in [1.165, 1.54) is 0 Å². The van der Waals surface area contributed by atoms with Gasteiger partial charge in [0, 0.05) is 6.04 Å². The fourth-order valence-corrected chi connectivity index (χ4v) is 1.10. The first-order chi connectivity index (χ1) is 6.91. The van der Waals surface area contributed by atoms with E-state index < -0.39 is 35.9 Å². The summed E-state index contributed by atoms with van der Waals surface area (Å²) in [6.45, 7) is 0. The van der Waals surface area contributed by atoms with E-state index in [1.807, 2.05) is 0 Å². The highest BCUT2D eigenvalue weighted by atomic mass is 35.5. The van der Waals surface area contributed by atoms with E-state index in [-0.39, 0.29) is 18.0 Å². The van der Waals surface area contributed by atoms with Crippen LogP contribution in [0.1, 0.15) is 18.0 Å². The average molecular weight is 256 g/mol. The summed E-state index contributed by atoms with van der Waals surface area (Å²) in [5.41, 5.74) is 5.26. The fourth-order valence-electron chi connectivity index (χ4n) is 1.10. The van der Waals surface area contributed by atoms with Crippen molar-refractivity contribution in [1.29, 1.82) is 0 Å². The van der Waals surface area contributed by atoms with Gasteiger partial charge in [0.05, 0.1) is 6.42 Å². The highest BCUT2D eigenvalue weighted by Gasteiger charge is 2.16. The van der Waals surface area contributed by atoms with Crippen molar-refractivity contribution in [3.8, 4) is 0 Å². The molecule has 0 radical (unpaired) electrons. The Morgan fingerprint density at radius 1 is 1.31 bits per heavy atom. The minimum absolute atomic E-state index is 0. The topological polar surface area (TPSA) is 63.3 Å². The summed E-state index contributed by atoms with van der Waals surface area (Å²) in [7, 11) is 0. The lowest BCUT2D eigenvalue weighted by Crippen LogP contribution is -2.15. The molecule has 90 valence electrons. The fraction of sp³-hybridized carbons (Fsp3) is 0.222. The van der Waals surface area contributed by atoms with Gasteiger partial charge < -0.3 is 10.8 Å². The van der Waals surface area contributed by atoms with Crippen LogP contribution in [-0.2, 0) is 4.79 Å². The average Bonchev–Trinajstić information content (AvgIpc) is 2.12. The molecule has 0 heterocycles. The number of hydrogen-bond acceptors (Lipinski definition) is 2. The second-order valence-corrected chi connectivity index (χ2v) is 3.00. The second-order valence-electron chi connectivity index (χ2n) is 3.00. The summed E-state index contributed by atoms with van der Waals surface area (Å²) in [6.07, 6.45) is -0.482. The van der Waals surface area contributed by atoms with Crippen molar-refractivity contribution in [3.63, 3.8) is 0 Å². The molecular weight excluding hydrogens is 247 g/mol. The summed E-state index contributed by atoms with van der Waals surface area (Å²) in [6, 6.07) is 0.310. The summed E-state index contributed by atoms with van der Waals surface area (Å²) < 4.78 is 38.0. The van der Waals surface area contributed by atoms with Gasteiger partial charge in [0.2, 0.25) is 0 Å². The molecule has 7 heteroatoms. The SMILES string of the molecule is Cl.NC(CC(=O)O)c1cc(F)c(F)c(F)c1. The van der Waals surface area contributed by atoms with Gasteiger partial charge in [-0.05, 0) is 17.7 Å². The number of halogens is 4. The summed E-state index contributed by atoms with van der Waals surface area (Å²) in [5.74, 6) is -5.56. The molecule has 0 aromatic heterocycles. The molecule has 1 unspecified atom stereocenters. The molecule has 1 rings (SSSR count). The van der Waals surface area contributed by atoms with E-state index in [0.29, 0.717) is 12.1 Å². The normalized spacial score (nSPS) is 11.8. The van der Waals surface area contributed by atoms with E-state index in [9.17, 15) is 18.0 Å². The first kappa shape index (κ1) is 14.7. The Bertz CT molecular complexity index is 377. The molecule has 0 bridgehead atoms. The van der Waals surface area contributed by atoms with Gasteiger partial charge in [-0.25, -0.2) is 13.2 Å². The van der Waals surface area contributed by atoms with Crippen molar-refractivity contribution < 1.29 is 23.1 Å². The lowest BCUT2D eigenvalue weighted by atomic mass is 10.0. The Balaban J connectivity index is 0.00000225. The predicted molar refractivity (Wildman–Crippen MR) is 52.7 cm³/mol. The first-order valence-electron chi connectivity index (χ1n) is 4.03. The molecule has 0 spiro atoms. The van der Waals surface area contributed by atoms with Crippen LogP contribution in [0.5, 0.6) is 0 Å². The third kappa shape index (κ3) is 3.39. The van der Waals surface area contributed by atoms with Gasteiger partial charge in [0.25, 0.3) is 0 Å². The monoisotopic (exact) mass is 255 g/mol. The lowest BCUT2D eigenvalue weighted by molar-refractivity contribution is -0.137. The van der Waals surface area contributed by atoms with Crippen LogP contribution in [0, 0.1) is 17.5 Å². The highest BCUT2D eigenvalue weighted by molar-refractivity contribution is 5.85.